The standard InChI is InChI=1S/C29H32N2O4S2/c1-17(2)16-34-22-11-7-20(8-12-22)15-24-27(32)31-26(21-9-13-23(36-6)14-10-21)25(28(33)35-18(3)4)19(5)30-29(31)37-24/h7-15,17-18,26H,16H2,1-6H3/b24-15-/t26-/m0/s1. The van der Waals surface area contributed by atoms with E-state index in [1.165, 1.54) is 11.3 Å². The molecular weight excluding hydrogens is 504 g/mol. The summed E-state index contributed by atoms with van der Waals surface area (Å²) in [6.45, 7) is 10.3. The molecule has 0 fully saturated rings. The Morgan fingerprint density at radius 1 is 1.11 bits per heavy atom. The van der Waals surface area contributed by atoms with Gasteiger partial charge in [0.25, 0.3) is 5.56 Å². The summed E-state index contributed by atoms with van der Waals surface area (Å²) in [6, 6.07) is 15.0. The van der Waals surface area contributed by atoms with Gasteiger partial charge in [0.15, 0.2) is 4.80 Å². The van der Waals surface area contributed by atoms with Crippen molar-refractivity contribution in [2.75, 3.05) is 12.9 Å². The van der Waals surface area contributed by atoms with Crippen LogP contribution in [0.3, 0.4) is 0 Å². The smallest absolute Gasteiger partial charge is 0.338 e. The van der Waals surface area contributed by atoms with E-state index in [-0.39, 0.29) is 11.7 Å². The van der Waals surface area contributed by atoms with Crippen LogP contribution in [0.2, 0.25) is 0 Å². The number of esters is 1. The zero-order chi connectivity index (χ0) is 26.7. The van der Waals surface area contributed by atoms with Crippen molar-refractivity contribution in [1.82, 2.24) is 4.57 Å². The second-order valence-electron chi connectivity index (χ2n) is 9.58. The van der Waals surface area contributed by atoms with Crippen LogP contribution in [-0.2, 0) is 9.53 Å². The second-order valence-corrected chi connectivity index (χ2v) is 11.5. The van der Waals surface area contributed by atoms with E-state index < -0.39 is 12.0 Å². The molecule has 0 N–H and O–H groups in total. The highest BCUT2D eigenvalue weighted by Gasteiger charge is 2.33. The van der Waals surface area contributed by atoms with Crippen molar-refractivity contribution < 1.29 is 14.3 Å². The number of ether oxygens (including phenoxy) is 2. The van der Waals surface area contributed by atoms with Crippen LogP contribution in [0.5, 0.6) is 5.75 Å². The zero-order valence-electron chi connectivity index (χ0n) is 22.0. The van der Waals surface area contributed by atoms with Crippen molar-refractivity contribution in [2.24, 2.45) is 10.9 Å². The van der Waals surface area contributed by atoms with Crippen molar-refractivity contribution in [1.29, 1.82) is 0 Å². The fourth-order valence-electron chi connectivity index (χ4n) is 4.04. The van der Waals surface area contributed by atoms with Gasteiger partial charge in [-0.3, -0.25) is 9.36 Å². The molecular formula is C29H32N2O4S2. The van der Waals surface area contributed by atoms with Gasteiger partial charge >= 0.3 is 5.97 Å². The Hall–Kier alpha value is -3.10. The van der Waals surface area contributed by atoms with Gasteiger partial charge in [0.2, 0.25) is 0 Å². The number of hydrogen-bond acceptors (Lipinski definition) is 7. The summed E-state index contributed by atoms with van der Waals surface area (Å²) in [6.07, 6.45) is 3.58. The molecule has 37 heavy (non-hydrogen) atoms. The summed E-state index contributed by atoms with van der Waals surface area (Å²) >= 11 is 2.96. The molecule has 194 valence electrons. The molecule has 0 spiro atoms. The summed E-state index contributed by atoms with van der Waals surface area (Å²) < 4.78 is 13.5. The molecule has 0 amide bonds. The molecule has 1 atom stereocenters. The Kier molecular flexibility index (Phi) is 8.39. The molecule has 4 rings (SSSR count). The highest BCUT2D eigenvalue weighted by atomic mass is 32.2. The molecule has 0 aliphatic carbocycles. The van der Waals surface area contributed by atoms with Crippen molar-refractivity contribution in [3.63, 3.8) is 0 Å². The Balaban J connectivity index is 1.80. The van der Waals surface area contributed by atoms with Crippen LogP contribution >= 0.6 is 23.1 Å². The number of hydrogen-bond donors (Lipinski definition) is 0. The number of fused-ring (bicyclic) bond motifs is 1. The van der Waals surface area contributed by atoms with Gasteiger partial charge in [0.05, 0.1) is 34.6 Å². The number of allylic oxidation sites excluding steroid dienone is 1. The van der Waals surface area contributed by atoms with E-state index in [4.69, 9.17) is 9.47 Å². The Bertz CT molecular complexity index is 1480. The van der Waals surface area contributed by atoms with Gasteiger partial charge in [0.1, 0.15) is 5.75 Å². The van der Waals surface area contributed by atoms with E-state index in [1.54, 1.807) is 23.3 Å². The van der Waals surface area contributed by atoms with Crippen LogP contribution in [0.1, 0.15) is 51.8 Å². The number of rotatable bonds is 8. The molecule has 2 heterocycles. The summed E-state index contributed by atoms with van der Waals surface area (Å²) in [4.78, 5) is 33.3. The van der Waals surface area contributed by atoms with E-state index in [9.17, 15) is 9.59 Å². The molecule has 8 heteroatoms. The highest BCUT2D eigenvalue weighted by molar-refractivity contribution is 7.98. The average molecular weight is 537 g/mol. The van der Waals surface area contributed by atoms with E-state index >= 15 is 0 Å². The first-order valence-electron chi connectivity index (χ1n) is 12.3. The van der Waals surface area contributed by atoms with E-state index in [2.05, 4.69) is 18.8 Å². The Morgan fingerprint density at radius 3 is 2.38 bits per heavy atom. The molecule has 3 aromatic rings. The van der Waals surface area contributed by atoms with Gasteiger partial charge in [0, 0.05) is 4.90 Å². The molecule has 1 aliphatic rings. The predicted molar refractivity (Wildman–Crippen MR) is 150 cm³/mol. The molecule has 0 saturated heterocycles. The number of thiazole rings is 1. The third kappa shape index (κ3) is 6.08. The maximum atomic E-state index is 13.7. The number of benzene rings is 2. The fourth-order valence-corrected chi connectivity index (χ4v) is 5.49. The molecule has 0 saturated carbocycles. The highest BCUT2D eigenvalue weighted by Crippen LogP contribution is 2.32. The van der Waals surface area contributed by atoms with Crippen LogP contribution in [0, 0.1) is 5.92 Å². The van der Waals surface area contributed by atoms with Crippen molar-refractivity contribution in [3.8, 4) is 5.75 Å². The van der Waals surface area contributed by atoms with Gasteiger partial charge in [-0.25, -0.2) is 9.79 Å². The average Bonchev–Trinajstić information content (AvgIpc) is 3.16. The number of carbonyl (C=O) groups is 1. The first kappa shape index (κ1) is 26.9. The number of carbonyl (C=O) groups excluding carboxylic acids is 1. The van der Waals surface area contributed by atoms with Gasteiger partial charge in [-0.15, -0.1) is 11.8 Å². The van der Waals surface area contributed by atoms with Crippen molar-refractivity contribution >= 4 is 35.1 Å². The quantitative estimate of drug-likeness (QED) is 0.301. The van der Waals surface area contributed by atoms with Crippen LogP contribution < -0.4 is 19.6 Å². The first-order valence-corrected chi connectivity index (χ1v) is 14.3. The van der Waals surface area contributed by atoms with Crippen molar-refractivity contribution in [3.05, 3.63) is 90.6 Å². The normalized spacial score (nSPS) is 15.7. The number of aromatic nitrogens is 1. The van der Waals surface area contributed by atoms with E-state index in [0.717, 1.165) is 21.8 Å². The zero-order valence-corrected chi connectivity index (χ0v) is 23.6. The lowest BCUT2D eigenvalue weighted by Gasteiger charge is -2.25. The summed E-state index contributed by atoms with van der Waals surface area (Å²) in [5.41, 5.74) is 2.48. The molecule has 0 radical (unpaired) electrons. The summed E-state index contributed by atoms with van der Waals surface area (Å²) in [5, 5.41) is 0. The third-order valence-electron chi connectivity index (χ3n) is 5.78. The van der Waals surface area contributed by atoms with Crippen LogP contribution in [-0.4, -0.2) is 29.5 Å². The van der Waals surface area contributed by atoms with Gasteiger partial charge < -0.3 is 9.47 Å². The lowest BCUT2D eigenvalue weighted by atomic mass is 9.96. The van der Waals surface area contributed by atoms with Crippen LogP contribution in [0.15, 0.2) is 74.5 Å². The first-order chi connectivity index (χ1) is 17.7. The Morgan fingerprint density at radius 2 is 1.78 bits per heavy atom. The second kappa shape index (κ2) is 11.5. The largest absolute Gasteiger partial charge is 0.493 e. The fraction of sp³-hybridized carbons (Fsp3) is 0.345. The third-order valence-corrected chi connectivity index (χ3v) is 7.50. The maximum Gasteiger partial charge on any atom is 0.338 e. The molecule has 6 nitrogen and oxygen atoms in total. The Labute approximate surface area is 225 Å². The molecule has 0 bridgehead atoms. The monoisotopic (exact) mass is 536 g/mol. The predicted octanol–water partition coefficient (Wildman–Crippen LogP) is 4.94. The van der Waals surface area contributed by atoms with Gasteiger partial charge in [-0.1, -0.05) is 49.4 Å². The minimum absolute atomic E-state index is 0.190. The minimum Gasteiger partial charge on any atom is -0.493 e. The summed E-state index contributed by atoms with van der Waals surface area (Å²) in [5.74, 6) is 0.781. The molecule has 1 aromatic heterocycles. The van der Waals surface area contributed by atoms with Crippen LogP contribution in [0.25, 0.3) is 6.08 Å². The molecule has 0 unspecified atom stereocenters. The van der Waals surface area contributed by atoms with E-state index in [1.807, 2.05) is 74.7 Å². The minimum atomic E-state index is -0.618. The SMILES string of the molecule is CSc1ccc([C@H]2C(C(=O)OC(C)C)=C(C)N=c3s/c(=C\c4ccc(OCC(C)C)cc4)c(=O)n32)cc1. The maximum absolute atomic E-state index is 13.7. The number of thioether (sulfide) groups is 1. The lowest BCUT2D eigenvalue weighted by molar-refractivity contribution is -0.143. The van der Waals surface area contributed by atoms with Gasteiger partial charge in [-0.05, 0) is 74.4 Å². The topological polar surface area (TPSA) is 69.9 Å². The molecule has 1 aliphatic heterocycles. The molecule has 2 aromatic carbocycles. The number of nitrogens with zero attached hydrogens (tertiary/aromatic N) is 2. The van der Waals surface area contributed by atoms with Crippen molar-refractivity contribution in [2.45, 2.75) is 51.7 Å². The van der Waals surface area contributed by atoms with Gasteiger partial charge in [-0.2, -0.15) is 0 Å². The lowest BCUT2D eigenvalue weighted by Crippen LogP contribution is -2.40. The summed E-state index contributed by atoms with van der Waals surface area (Å²) in [7, 11) is 0. The van der Waals surface area contributed by atoms with E-state index in [0.29, 0.717) is 33.1 Å². The van der Waals surface area contributed by atoms with Crippen LogP contribution in [0.4, 0.5) is 0 Å².